The van der Waals surface area contributed by atoms with Crippen LogP contribution in [0.25, 0.3) is 53.7 Å². The van der Waals surface area contributed by atoms with Crippen molar-refractivity contribution < 1.29 is 0 Å². The summed E-state index contributed by atoms with van der Waals surface area (Å²) in [5.74, 6) is 0. The van der Waals surface area contributed by atoms with Crippen molar-refractivity contribution >= 4 is 65.3 Å². The first-order valence-corrected chi connectivity index (χ1v) is 17.9. The van der Waals surface area contributed by atoms with Crippen molar-refractivity contribution in [3.8, 4) is 11.1 Å². The van der Waals surface area contributed by atoms with E-state index in [0.29, 0.717) is 0 Å². The fraction of sp³-hybridized carbons (Fsp3) is 0.152. The molecule has 1 saturated carbocycles. The minimum Gasteiger partial charge on any atom is -0.252 e. The first-order chi connectivity index (χ1) is 23.5. The van der Waals surface area contributed by atoms with Gasteiger partial charge in [-0.1, -0.05) is 116 Å². The Balaban J connectivity index is 1.42. The minimum atomic E-state index is -0.174. The van der Waals surface area contributed by atoms with Crippen molar-refractivity contribution in [2.75, 3.05) is 0 Å². The number of benzene rings is 6. The van der Waals surface area contributed by atoms with Gasteiger partial charge in [-0.3, -0.25) is 4.99 Å². The smallest absolute Gasteiger partial charge is 0.0662 e. The highest BCUT2D eigenvalue weighted by molar-refractivity contribution is 7.26. The summed E-state index contributed by atoms with van der Waals surface area (Å²) in [5.41, 5.74) is 13.4. The number of fused-ring (bicyclic) bond motifs is 6. The molecule has 0 atom stereocenters. The second-order valence-electron chi connectivity index (χ2n) is 13.6. The maximum absolute atomic E-state index is 5.62. The average molecular weight is 636 g/mol. The zero-order chi connectivity index (χ0) is 32.4. The lowest BCUT2D eigenvalue weighted by molar-refractivity contribution is 0.954. The van der Waals surface area contributed by atoms with Gasteiger partial charge in [-0.25, -0.2) is 0 Å². The predicted octanol–water partition coefficient (Wildman–Crippen LogP) is 13.0. The number of aryl methyl sites for hydroxylation is 3. The van der Waals surface area contributed by atoms with Crippen LogP contribution in [0.1, 0.15) is 52.6 Å². The van der Waals surface area contributed by atoms with Crippen LogP contribution in [0.15, 0.2) is 133 Å². The molecule has 1 heterocycles. The third-order valence-electron chi connectivity index (χ3n) is 10.7. The SMILES string of the molecule is C=C(/C(=N/c1ccccc1C)C1(c2ccccc2)CC1)c1c(-c2ccccc2C)c2c(c3c1sc1cc4ccccc4cc13)CCC=C2. The average Bonchev–Trinajstić information content (AvgIpc) is 3.85. The van der Waals surface area contributed by atoms with Gasteiger partial charge in [0, 0.05) is 31.2 Å². The number of nitrogens with zero attached hydrogens (tertiary/aromatic N) is 1. The first-order valence-electron chi connectivity index (χ1n) is 17.1. The largest absolute Gasteiger partial charge is 0.252 e. The highest BCUT2D eigenvalue weighted by atomic mass is 32.1. The van der Waals surface area contributed by atoms with E-state index in [-0.39, 0.29) is 5.41 Å². The number of rotatable bonds is 6. The Kier molecular flexibility index (Phi) is 6.85. The van der Waals surface area contributed by atoms with Crippen molar-refractivity contribution in [3.05, 3.63) is 161 Å². The second-order valence-corrected chi connectivity index (χ2v) is 14.6. The summed E-state index contributed by atoms with van der Waals surface area (Å²) >= 11 is 1.93. The fourth-order valence-electron chi connectivity index (χ4n) is 8.02. The van der Waals surface area contributed by atoms with E-state index in [2.05, 4.69) is 141 Å². The molecule has 0 N–H and O–H groups in total. The topological polar surface area (TPSA) is 12.4 Å². The summed E-state index contributed by atoms with van der Waals surface area (Å²) in [6.45, 7) is 9.49. The molecule has 0 aliphatic heterocycles. The Labute approximate surface area is 286 Å². The van der Waals surface area contributed by atoms with E-state index in [4.69, 9.17) is 11.6 Å². The molecule has 0 bridgehead atoms. The summed E-state index contributed by atoms with van der Waals surface area (Å²) in [5, 5.41) is 5.32. The van der Waals surface area contributed by atoms with Crippen molar-refractivity contribution in [1.29, 1.82) is 0 Å². The van der Waals surface area contributed by atoms with Gasteiger partial charge in [-0.2, -0.15) is 0 Å². The number of para-hydroxylation sites is 1. The van der Waals surface area contributed by atoms with E-state index in [9.17, 15) is 0 Å². The fourth-order valence-corrected chi connectivity index (χ4v) is 9.36. The lowest BCUT2D eigenvalue weighted by atomic mass is 9.77. The van der Waals surface area contributed by atoms with Gasteiger partial charge in [-0.05, 0) is 113 Å². The van der Waals surface area contributed by atoms with E-state index >= 15 is 0 Å². The molecule has 0 spiro atoms. The number of aliphatic imine (C=N–C) groups is 1. The molecule has 2 aliphatic carbocycles. The van der Waals surface area contributed by atoms with Gasteiger partial charge in [0.1, 0.15) is 0 Å². The maximum Gasteiger partial charge on any atom is 0.0662 e. The predicted molar refractivity (Wildman–Crippen MR) is 209 cm³/mol. The standard InChI is InChI=1S/C46H37NS/c1-29-15-7-11-21-35(29)42-36-22-12-13-23-37(36)43-38-27-32-17-9-10-18-33(32)28-40(38)48-44(43)41(42)31(3)45(47-39-24-14-8-16-30(39)2)46(25-26-46)34-19-5-4-6-20-34/h4-12,14-22,24,27-28H,3,13,23,25-26H2,1-2H3/b47-45-. The summed E-state index contributed by atoms with van der Waals surface area (Å²) < 4.78 is 2.66. The molecular weight excluding hydrogens is 599 g/mol. The lowest BCUT2D eigenvalue weighted by Crippen LogP contribution is -2.22. The number of hydrogen-bond acceptors (Lipinski definition) is 2. The van der Waals surface area contributed by atoms with Crippen LogP contribution in [0, 0.1) is 13.8 Å². The van der Waals surface area contributed by atoms with Gasteiger partial charge in [0.2, 0.25) is 0 Å². The number of allylic oxidation sites excluding steroid dienone is 2. The van der Waals surface area contributed by atoms with Gasteiger partial charge in [0.25, 0.3) is 0 Å². The van der Waals surface area contributed by atoms with Crippen LogP contribution in [0.3, 0.4) is 0 Å². The molecule has 1 nitrogen and oxygen atoms in total. The van der Waals surface area contributed by atoms with Crippen molar-refractivity contribution in [3.63, 3.8) is 0 Å². The van der Waals surface area contributed by atoms with Gasteiger partial charge in [0.05, 0.1) is 11.4 Å². The van der Waals surface area contributed by atoms with E-state index in [1.54, 1.807) is 0 Å². The Hall–Kier alpha value is -5.05. The van der Waals surface area contributed by atoms with E-state index < -0.39 is 0 Å². The summed E-state index contributed by atoms with van der Waals surface area (Å²) in [6.07, 6.45) is 8.96. The molecule has 232 valence electrons. The molecule has 0 radical (unpaired) electrons. The zero-order valence-electron chi connectivity index (χ0n) is 27.5. The highest BCUT2D eigenvalue weighted by Crippen LogP contribution is 2.56. The number of hydrogen-bond donors (Lipinski definition) is 0. The molecule has 0 amide bonds. The van der Waals surface area contributed by atoms with Gasteiger partial charge < -0.3 is 0 Å². The molecule has 2 heteroatoms. The van der Waals surface area contributed by atoms with Gasteiger partial charge in [0.15, 0.2) is 0 Å². The first kappa shape index (κ1) is 29.1. The molecule has 2 aliphatic rings. The third-order valence-corrected chi connectivity index (χ3v) is 11.8. The Morgan fingerprint density at radius 3 is 2.21 bits per heavy atom. The quantitative estimate of drug-likeness (QED) is 0.161. The van der Waals surface area contributed by atoms with Crippen LogP contribution in [0.4, 0.5) is 5.69 Å². The van der Waals surface area contributed by atoms with E-state index in [0.717, 1.165) is 42.7 Å². The molecule has 9 rings (SSSR count). The Morgan fingerprint density at radius 1 is 0.771 bits per heavy atom. The molecule has 7 aromatic rings. The van der Waals surface area contributed by atoms with Crippen LogP contribution in [-0.2, 0) is 11.8 Å². The normalized spacial score (nSPS) is 15.2. The lowest BCUT2D eigenvalue weighted by Gasteiger charge is -2.27. The minimum absolute atomic E-state index is 0.174. The van der Waals surface area contributed by atoms with Gasteiger partial charge in [-0.15, -0.1) is 11.3 Å². The van der Waals surface area contributed by atoms with Crippen LogP contribution in [0.5, 0.6) is 0 Å². The highest BCUT2D eigenvalue weighted by Gasteiger charge is 2.50. The zero-order valence-corrected chi connectivity index (χ0v) is 28.3. The van der Waals surface area contributed by atoms with Crippen LogP contribution < -0.4 is 0 Å². The van der Waals surface area contributed by atoms with Crippen molar-refractivity contribution in [2.45, 2.75) is 44.9 Å². The molecule has 1 aromatic heterocycles. The van der Waals surface area contributed by atoms with Crippen molar-refractivity contribution in [2.24, 2.45) is 4.99 Å². The summed E-state index contributed by atoms with van der Waals surface area (Å²) in [6, 6.07) is 42.0. The van der Waals surface area contributed by atoms with Gasteiger partial charge >= 0.3 is 0 Å². The number of thiophene rings is 1. The third kappa shape index (κ3) is 4.54. The van der Waals surface area contributed by atoms with E-state index in [1.807, 2.05) is 11.3 Å². The Bertz CT molecular complexity index is 2490. The molecule has 48 heavy (non-hydrogen) atoms. The maximum atomic E-state index is 5.62. The summed E-state index contributed by atoms with van der Waals surface area (Å²) in [4.78, 5) is 5.62. The monoisotopic (exact) mass is 635 g/mol. The summed E-state index contributed by atoms with van der Waals surface area (Å²) in [7, 11) is 0. The Morgan fingerprint density at radius 2 is 1.46 bits per heavy atom. The van der Waals surface area contributed by atoms with Crippen LogP contribution >= 0.6 is 11.3 Å². The van der Waals surface area contributed by atoms with Crippen molar-refractivity contribution in [1.82, 2.24) is 0 Å². The molecule has 1 fully saturated rings. The van der Waals surface area contributed by atoms with E-state index in [1.165, 1.54) is 75.5 Å². The van der Waals surface area contributed by atoms with Crippen LogP contribution in [-0.4, -0.2) is 5.71 Å². The molecule has 0 unspecified atom stereocenters. The molecular formula is C46H37NS. The molecule has 6 aromatic carbocycles. The van der Waals surface area contributed by atoms with Crippen LogP contribution in [0.2, 0.25) is 0 Å². The second kappa shape index (κ2) is 11.3. The molecule has 0 saturated heterocycles.